The van der Waals surface area contributed by atoms with Gasteiger partial charge in [-0.15, -0.1) is 0 Å². The maximum absolute atomic E-state index is 4.41. The number of aromatic nitrogens is 2. The van der Waals surface area contributed by atoms with Gasteiger partial charge in [0.1, 0.15) is 5.82 Å². The Hall–Kier alpha value is -0.870. The van der Waals surface area contributed by atoms with E-state index in [1.165, 1.54) is 37.9 Å². The van der Waals surface area contributed by atoms with E-state index in [2.05, 4.69) is 26.0 Å². The first-order valence-electron chi connectivity index (χ1n) is 7.37. The van der Waals surface area contributed by atoms with Gasteiger partial charge in [0.25, 0.3) is 0 Å². The van der Waals surface area contributed by atoms with Crippen LogP contribution in [0.5, 0.6) is 0 Å². The fourth-order valence-corrected chi connectivity index (χ4v) is 3.15. The van der Waals surface area contributed by atoms with E-state index < -0.39 is 0 Å². The molecule has 100 valence electrons. The van der Waals surface area contributed by atoms with Crippen LogP contribution >= 0.6 is 0 Å². The average Bonchev–Trinajstić information content (AvgIpc) is 2.87. The van der Waals surface area contributed by atoms with E-state index in [1.807, 2.05) is 6.20 Å². The third-order valence-corrected chi connectivity index (χ3v) is 4.29. The first-order chi connectivity index (χ1) is 8.92. The molecule has 1 aliphatic carbocycles. The second kappa shape index (κ2) is 5.85. The molecule has 3 rings (SSSR count). The van der Waals surface area contributed by atoms with Crippen LogP contribution in [0.4, 0.5) is 0 Å². The van der Waals surface area contributed by atoms with Crippen LogP contribution in [-0.2, 0) is 13.1 Å². The minimum absolute atomic E-state index is 0.783. The Labute approximate surface area is 109 Å². The third-order valence-electron chi connectivity index (χ3n) is 4.29. The molecule has 18 heavy (non-hydrogen) atoms. The van der Waals surface area contributed by atoms with Crippen molar-refractivity contribution in [3.05, 3.63) is 18.2 Å². The molecular weight excluding hydrogens is 224 g/mol. The molecule has 4 heteroatoms. The summed E-state index contributed by atoms with van der Waals surface area (Å²) >= 11 is 0. The molecule has 0 unspecified atom stereocenters. The number of hydrogen-bond acceptors (Lipinski definition) is 3. The highest BCUT2D eigenvalue weighted by Crippen LogP contribution is 2.17. The first-order valence-corrected chi connectivity index (χ1v) is 7.37. The van der Waals surface area contributed by atoms with Gasteiger partial charge in [-0.25, -0.2) is 4.98 Å². The minimum atomic E-state index is 0.783. The number of fused-ring (bicyclic) bond motifs is 1. The van der Waals surface area contributed by atoms with Crippen molar-refractivity contribution in [2.45, 2.75) is 51.2 Å². The van der Waals surface area contributed by atoms with Crippen LogP contribution in [0, 0.1) is 0 Å². The Balaban J connectivity index is 1.39. The second-order valence-electron chi connectivity index (χ2n) is 5.60. The van der Waals surface area contributed by atoms with Crippen molar-refractivity contribution in [1.29, 1.82) is 0 Å². The maximum atomic E-state index is 4.41. The van der Waals surface area contributed by atoms with Gasteiger partial charge in [0.05, 0.1) is 6.54 Å². The summed E-state index contributed by atoms with van der Waals surface area (Å²) < 4.78 is 2.27. The number of hydrogen-bond donors (Lipinski definition) is 1. The van der Waals surface area contributed by atoms with Crippen molar-refractivity contribution in [2.24, 2.45) is 0 Å². The SMILES string of the molecule is c1cn2c(n1)CN(CCNC1CCCCC1)CC2. The predicted molar refractivity (Wildman–Crippen MR) is 72.4 cm³/mol. The standard InChI is InChI=1S/C14H24N4/c1-2-4-13(5-3-1)15-6-8-17-10-11-18-9-7-16-14(18)12-17/h7,9,13,15H,1-6,8,10-12H2. The summed E-state index contributed by atoms with van der Waals surface area (Å²) in [6.45, 7) is 5.56. The normalized spacial score (nSPS) is 22.0. The quantitative estimate of drug-likeness (QED) is 0.879. The van der Waals surface area contributed by atoms with Gasteiger partial charge in [0.2, 0.25) is 0 Å². The van der Waals surface area contributed by atoms with Crippen molar-refractivity contribution < 1.29 is 0 Å². The Morgan fingerprint density at radius 1 is 1.22 bits per heavy atom. The lowest BCUT2D eigenvalue weighted by Gasteiger charge is -2.29. The van der Waals surface area contributed by atoms with E-state index in [4.69, 9.17) is 0 Å². The lowest BCUT2D eigenvalue weighted by molar-refractivity contribution is 0.212. The van der Waals surface area contributed by atoms with Crippen LogP contribution in [0.25, 0.3) is 0 Å². The molecule has 4 nitrogen and oxygen atoms in total. The van der Waals surface area contributed by atoms with E-state index in [9.17, 15) is 0 Å². The molecule has 0 amide bonds. The molecule has 1 aromatic heterocycles. The smallest absolute Gasteiger partial charge is 0.122 e. The molecule has 0 bridgehead atoms. The zero-order chi connectivity index (χ0) is 12.2. The van der Waals surface area contributed by atoms with Crippen molar-refractivity contribution >= 4 is 0 Å². The summed E-state index contributed by atoms with van der Waals surface area (Å²) in [7, 11) is 0. The zero-order valence-corrected chi connectivity index (χ0v) is 11.1. The van der Waals surface area contributed by atoms with E-state index in [0.717, 1.165) is 38.8 Å². The van der Waals surface area contributed by atoms with Gasteiger partial charge >= 0.3 is 0 Å². The molecule has 0 saturated heterocycles. The average molecular weight is 248 g/mol. The molecule has 0 radical (unpaired) electrons. The molecule has 0 spiro atoms. The van der Waals surface area contributed by atoms with Crippen molar-refractivity contribution in [1.82, 2.24) is 19.8 Å². The second-order valence-corrected chi connectivity index (χ2v) is 5.60. The molecule has 1 aromatic rings. The van der Waals surface area contributed by atoms with E-state index in [-0.39, 0.29) is 0 Å². The largest absolute Gasteiger partial charge is 0.333 e. The van der Waals surface area contributed by atoms with Gasteiger partial charge in [0, 0.05) is 44.6 Å². The molecule has 0 atom stereocenters. The Morgan fingerprint density at radius 3 is 3.00 bits per heavy atom. The van der Waals surface area contributed by atoms with Crippen LogP contribution < -0.4 is 5.32 Å². The monoisotopic (exact) mass is 248 g/mol. The van der Waals surface area contributed by atoms with Crippen LogP contribution in [0.15, 0.2) is 12.4 Å². The molecule has 2 heterocycles. The molecule has 0 aromatic carbocycles. The summed E-state index contributed by atoms with van der Waals surface area (Å²) in [6, 6.07) is 0.783. The maximum Gasteiger partial charge on any atom is 0.122 e. The van der Waals surface area contributed by atoms with Gasteiger partial charge in [-0.3, -0.25) is 4.90 Å². The topological polar surface area (TPSA) is 33.1 Å². The van der Waals surface area contributed by atoms with Crippen LogP contribution in [0.3, 0.4) is 0 Å². The summed E-state index contributed by atoms with van der Waals surface area (Å²) in [5, 5.41) is 3.72. The molecule has 1 N–H and O–H groups in total. The Morgan fingerprint density at radius 2 is 2.11 bits per heavy atom. The zero-order valence-electron chi connectivity index (χ0n) is 11.1. The van der Waals surface area contributed by atoms with Gasteiger partial charge in [-0.2, -0.15) is 0 Å². The molecule has 1 aliphatic heterocycles. The Bertz CT molecular complexity index is 368. The fourth-order valence-electron chi connectivity index (χ4n) is 3.15. The lowest BCUT2D eigenvalue weighted by atomic mass is 9.95. The van der Waals surface area contributed by atoms with Crippen molar-refractivity contribution in [3.63, 3.8) is 0 Å². The third kappa shape index (κ3) is 2.93. The van der Waals surface area contributed by atoms with Gasteiger partial charge in [0.15, 0.2) is 0 Å². The van der Waals surface area contributed by atoms with Gasteiger partial charge < -0.3 is 9.88 Å². The highest BCUT2D eigenvalue weighted by Gasteiger charge is 2.17. The van der Waals surface area contributed by atoms with E-state index in [0.29, 0.717) is 0 Å². The van der Waals surface area contributed by atoms with E-state index >= 15 is 0 Å². The van der Waals surface area contributed by atoms with Crippen LogP contribution in [0.1, 0.15) is 37.9 Å². The molecule has 1 saturated carbocycles. The molecular formula is C14H24N4. The Kier molecular flexibility index (Phi) is 3.96. The van der Waals surface area contributed by atoms with Crippen molar-refractivity contribution in [2.75, 3.05) is 19.6 Å². The number of imidazole rings is 1. The summed E-state index contributed by atoms with van der Waals surface area (Å²) in [5.74, 6) is 1.22. The number of nitrogens with one attached hydrogen (secondary N) is 1. The number of nitrogens with zero attached hydrogens (tertiary/aromatic N) is 3. The summed E-state index contributed by atoms with van der Waals surface area (Å²) in [4.78, 5) is 6.92. The predicted octanol–water partition coefficient (Wildman–Crippen LogP) is 1.62. The highest BCUT2D eigenvalue weighted by molar-refractivity contribution is 4.95. The van der Waals surface area contributed by atoms with Gasteiger partial charge in [-0.1, -0.05) is 19.3 Å². The summed E-state index contributed by atoms with van der Waals surface area (Å²) in [5.41, 5.74) is 0. The molecule has 2 aliphatic rings. The first kappa shape index (κ1) is 12.2. The number of rotatable bonds is 4. The van der Waals surface area contributed by atoms with Crippen molar-refractivity contribution in [3.8, 4) is 0 Å². The lowest BCUT2D eigenvalue weighted by Crippen LogP contribution is -2.41. The molecule has 1 fully saturated rings. The minimum Gasteiger partial charge on any atom is -0.333 e. The van der Waals surface area contributed by atoms with Gasteiger partial charge in [-0.05, 0) is 12.8 Å². The summed E-state index contributed by atoms with van der Waals surface area (Å²) in [6.07, 6.45) is 11.0. The van der Waals surface area contributed by atoms with Crippen LogP contribution in [0.2, 0.25) is 0 Å². The highest BCUT2D eigenvalue weighted by atomic mass is 15.2. The fraction of sp³-hybridized carbons (Fsp3) is 0.786. The van der Waals surface area contributed by atoms with Crippen LogP contribution in [-0.4, -0.2) is 40.1 Å². The van der Waals surface area contributed by atoms with E-state index in [1.54, 1.807) is 0 Å².